The van der Waals surface area contributed by atoms with Crippen LogP contribution in [-0.2, 0) is 13.0 Å². The van der Waals surface area contributed by atoms with Crippen LogP contribution >= 0.6 is 15.9 Å². The Kier molecular flexibility index (Phi) is 5.54. The van der Waals surface area contributed by atoms with Crippen LogP contribution in [0.5, 0.6) is 0 Å². The monoisotopic (exact) mass is 322 g/mol. The van der Waals surface area contributed by atoms with Crippen LogP contribution in [0.15, 0.2) is 35.3 Å². The topological polar surface area (TPSA) is 42.7 Å². The molecule has 4 nitrogen and oxygen atoms in total. The number of halogens is 1. The second-order valence-electron chi connectivity index (χ2n) is 4.51. The molecule has 0 saturated carbocycles. The summed E-state index contributed by atoms with van der Waals surface area (Å²) in [7, 11) is 0. The second kappa shape index (κ2) is 7.40. The highest BCUT2D eigenvalue weighted by Gasteiger charge is 2.00. The Morgan fingerprint density at radius 1 is 1.21 bits per heavy atom. The number of imidazole rings is 1. The van der Waals surface area contributed by atoms with E-state index in [0.717, 1.165) is 41.9 Å². The van der Waals surface area contributed by atoms with Crippen LogP contribution in [0.2, 0.25) is 0 Å². The van der Waals surface area contributed by atoms with Crippen LogP contribution in [0.3, 0.4) is 0 Å². The lowest BCUT2D eigenvalue weighted by molar-refractivity contribution is 0.666. The van der Waals surface area contributed by atoms with Crippen LogP contribution in [0.25, 0.3) is 0 Å². The highest BCUT2D eigenvalue weighted by molar-refractivity contribution is 9.10. The normalized spacial score (nSPS) is 10.8. The third-order valence-electron chi connectivity index (χ3n) is 2.80. The fraction of sp³-hybridized carbons (Fsp3) is 0.429. The van der Waals surface area contributed by atoms with E-state index in [1.54, 1.807) is 0 Å². The second-order valence-corrected chi connectivity index (χ2v) is 5.42. The van der Waals surface area contributed by atoms with E-state index in [1.165, 1.54) is 6.42 Å². The summed E-state index contributed by atoms with van der Waals surface area (Å²) < 4.78 is 3.08. The molecule has 0 aliphatic rings. The van der Waals surface area contributed by atoms with Gasteiger partial charge in [0.05, 0.1) is 24.3 Å². The zero-order valence-corrected chi connectivity index (χ0v) is 12.7. The molecule has 19 heavy (non-hydrogen) atoms. The largest absolute Gasteiger partial charge is 0.331 e. The molecule has 0 fully saturated rings. The van der Waals surface area contributed by atoms with Crippen molar-refractivity contribution < 1.29 is 0 Å². The van der Waals surface area contributed by atoms with Gasteiger partial charge in [0.25, 0.3) is 0 Å². The molecule has 2 aromatic rings. The van der Waals surface area contributed by atoms with Gasteiger partial charge in [0.1, 0.15) is 0 Å². The predicted octanol–water partition coefficient (Wildman–Crippen LogP) is 2.63. The van der Waals surface area contributed by atoms with E-state index in [2.05, 4.69) is 48.9 Å². The molecule has 2 heterocycles. The number of nitrogens with one attached hydrogen (secondary N) is 1. The molecule has 0 saturated heterocycles. The maximum Gasteiger partial charge on any atom is 0.0953 e. The van der Waals surface area contributed by atoms with Crippen molar-refractivity contribution in [1.29, 1.82) is 0 Å². The van der Waals surface area contributed by atoms with Crippen molar-refractivity contribution in [3.8, 4) is 0 Å². The third kappa shape index (κ3) is 4.76. The fourth-order valence-electron chi connectivity index (χ4n) is 1.83. The van der Waals surface area contributed by atoms with Crippen molar-refractivity contribution in [2.75, 3.05) is 13.1 Å². The highest BCUT2D eigenvalue weighted by atomic mass is 79.9. The van der Waals surface area contributed by atoms with Gasteiger partial charge in [0.15, 0.2) is 0 Å². The maximum absolute atomic E-state index is 4.41. The Bertz CT molecular complexity index is 492. The van der Waals surface area contributed by atoms with Crippen LogP contribution in [0.1, 0.15) is 24.7 Å². The lowest BCUT2D eigenvalue weighted by Crippen LogP contribution is -2.17. The average molecular weight is 323 g/mol. The van der Waals surface area contributed by atoms with Gasteiger partial charge >= 0.3 is 0 Å². The Labute approximate surface area is 122 Å². The van der Waals surface area contributed by atoms with Crippen molar-refractivity contribution >= 4 is 15.9 Å². The number of pyridine rings is 1. The standard InChI is InChI=1S/C14H19BrN4/c1-2-6-16-7-5-14-10-19(11-18-14)9-13-4-3-12(15)8-17-13/h3-4,8,10-11,16H,2,5-7,9H2,1H3. The molecule has 102 valence electrons. The van der Waals surface area contributed by atoms with E-state index >= 15 is 0 Å². The van der Waals surface area contributed by atoms with Gasteiger partial charge in [0, 0.05) is 29.8 Å². The van der Waals surface area contributed by atoms with Crippen LogP contribution < -0.4 is 5.32 Å². The van der Waals surface area contributed by atoms with E-state index in [0.29, 0.717) is 0 Å². The summed E-state index contributed by atoms with van der Waals surface area (Å²) in [6.07, 6.45) is 7.93. The van der Waals surface area contributed by atoms with Crippen molar-refractivity contribution in [2.24, 2.45) is 0 Å². The lowest BCUT2D eigenvalue weighted by atomic mass is 10.3. The van der Waals surface area contributed by atoms with Crippen molar-refractivity contribution in [1.82, 2.24) is 19.9 Å². The first-order chi connectivity index (χ1) is 9.28. The van der Waals surface area contributed by atoms with Gasteiger partial charge < -0.3 is 9.88 Å². The van der Waals surface area contributed by atoms with Crippen LogP contribution in [-0.4, -0.2) is 27.6 Å². The molecule has 0 unspecified atom stereocenters. The van der Waals surface area contributed by atoms with E-state index in [4.69, 9.17) is 0 Å². The third-order valence-corrected chi connectivity index (χ3v) is 3.27. The minimum absolute atomic E-state index is 0.767. The van der Waals surface area contributed by atoms with Gasteiger partial charge in [-0.3, -0.25) is 4.98 Å². The average Bonchev–Trinajstić information content (AvgIpc) is 2.85. The van der Waals surface area contributed by atoms with Gasteiger partial charge in [-0.05, 0) is 41.0 Å². The Morgan fingerprint density at radius 2 is 2.11 bits per heavy atom. The lowest BCUT2D eigenvalue weighted by Gasteiger charge is -2.02. The molecule has 0 aliphatic carbocycles. The van der Waals surface area contributed by atoms with Gasteiger partial charge in [-0.25, -0.2) is 4.98 Å². The molecule has 0 bridgehead atoms. The first-order valence-corrected chi connectivity index (χ1v) is 7.39. The van der Waals surface area contributed by atoms with Crippen LogP contribution in [0.4, 0.5) is 0 Å². The first-order valence-electron chi connectivity index (χ1n) is 6.59. The molecule has 1 N–H and O–H groups in total. The molecule has 2 rings (SSSR count). The van der Waals surface area contributed by atoms with E-state index in [1.807, 2.05) is 24.7 Å². The fourth-order valence-corrected chi connectivity index (χ4v) is 2.06. The predicted molar refractivity (Wildman–Crippen MR) is 80.1 cm³/mol. The van der Waals surface area contributed by atoms with Gasteiger partial charge in [0.2, 0.25) is 0 Å². The Morgan fingerprint density at radius 3 is 2.84 bits per heavy atom. The minimum Gasteiger partial charge on any atom is -0.331 e. The smallest absolute Gasteiger partial charge is 0.0953 e. The summed E-state index contributed by atoms with van der Waals surface area (Å²) in [4.78, 5) is 8.77. The summed E-state index contributed by atoms with van der Waals surface area (Å²) in [6.45, 7) is 5.00. The molecule has 0 atom stereocenters. The number of hydrogen-bond donors (Lipinski definition) is 1. The molecule has 0 amide bonds. The SMILES string of the molecule is CCCNCCc1cn(Cc2ccc(Br)cn2)cn1. The number of aromatic nitrogens is 3. The van der Waals surface area contributed by atoms with E-state index < -0.39 is 0 Å². The number of hydrogen-bond acceptors (Lipinski definition) is 3. The van der Waals surface area contributed by atoms with Crippen molar-refractivity contribution in [3.05, 3.63) is 46.7 Å². The van der Waals surface area contributed by atoms with Gasteiger partial charge in [-0.2, -0.15) is 0 Å². The molecular formula is C14H19BrN4. The molecule has 2 aromatic heterocycles. The quantitative estimate of drug-likeness (QED) is 0.797. The number of nitrogens with zero attached hydrogens (tertiary/aromatic N) is 3. The Balaban J connectivity index is 1.85. The van der Waals surface area contributed by atoms with Gasteiger partial charge in [-0.1, -0.05) is 6.92 Å². The number of rotatable bonds is 7. The van der Waals surface area contributed by atoms with E-state index in [-0.39, 0.29) is 0 Å². The van der Waals surface area contributed by atoms with E-state index in [9.17, 15) is 0 Å². The first kappa shape index (κ1) is 14.2. The summed E-state index contributed by atoms with van der Waals surface area (Å²) in [5.41, 5.74) is 2.16. The zero-order chi connectivity index (χ0) is 13.5. The van der Waals surface area contributed by atoms with Crippen LogP contribution in [0, 0.1) is 0 Å². The molecule has 0 aromatic carbocycles. The maximum atomic E-state index is 4.41. The van der Waals surface area contributed by atoms with Gasteiger partial charge in [-0.15, -0.1) is 0 Å². The molecule has 5 heteroatoms. The molecular weight excluding hydrogens is 304 g/mol. The molecule has 0 aliphatic heterocycles. The summed E-state index contributed by atoms with van der Waals surface area (Å²) in [5.74, 6) is 0. The Hall–Kier alpha value is -1.20. The zero-order valence-electron chi connectivity index (χ0n) is 11.1. The van der Waals surface area contributed by atoms with Crippen molar-refractivity contribution in [2.45, 2.75) is 26.3 Å². The molecule has 0 spiro atoms. The summed E-state index contributed by atoms with van der Waals surface area (Å²) in [6, 6.07) is 4.03. The summed E-state index contributed by atoms with van der Waals surface area (Å²) >= 11 is 3.39. The van der Waals surface area contributed by atoms with Crippen molar-refractivity contribution in [3.63, 3.8) is 0 Å². The molecule has 0 radical (unpaired) electrons. The highest BCUT2D eigenvalue weighted by Crippen LogP contribution is 2.08. The minimum atomic E-state index is 0.767. The summed E-state index contributed by atoms with van der Waals surface area (Å²) in [5, 5.41) is 3.38.